The van der Waals surface area contributed by atoms with Crippen LogP contribution in [0.2, 0.25) is 0 Å². The lowest BCUT2D eigenvalue weighted by Crippen LogP contribution is -2.55. The quantitative estimate of drug-likeness (QED) is 0.904. The number of hydrogen-bond donors (Lipinski definition) is 1. The van der Waals surface area contributed by atoms with Crippen LogP contribution in [0.15, 0.2) is 24.3 Å². The Labute approximate surface area is 114 Å². The summed E-state index contributed by atoms with van der Waals surface area (Å²) in [5.74, 6) is 1.45. The van der Waals surface area contributed by atoms with Crippen LogP contribution in [0.1, 0.15) is 31.2 Å². The Morgan fingerprint density at radius 1 is 1.42 bits per heavy atom. The van der Waals surface area contributed by atoms with E-state index in [1.807, 2.05) is 6.07 Å². The molecule has 1 aromatic carbocycles. The zero-order valence-electron chi connectivity index (χ0n) is 11.6. The maximum atomic E-state index is 13.3. The average molecular weight is 262 g/mol. The van der Waals surface area contributed by atoms with E-state index in [2.05, 4.69) is 11.9 Å². The van der Waals surface area contributed by atoms with E-state index >= 15 is 0 Å². The third-order valence-electron chi connectivity index (χ3n) is 5.37. The molecule has 3 rings (SSSR count). The van der Waals surface area contributed by atoms with Crippen molar-refractivity contribution in [2.45, 2.75) is 37.8 Å². The van der Waals surface area contributed by atoms with E-state index < -0.39 is 0 Å². The van der Waals surface area contributed by atoms with Gasteiger partial charge in [-0.3, -0.25) is 4.90 Å². The van der Waals surface area contributed by atoms with Crippen LogP contribution in [0, 0.1) is 17.7 Å². The zero-order valence-corrected chi connectivity index (χ0v) is 11.6. The fourth-order valence-corrected chi connectivity index (χ4v) is 4.35. The summed E-state index contributed by atoms with van der Waals surface area (Å²) in [5, 5.41) is 0. The maximum absolute atomic E-state index is 13.3. The summed E-state index contributed by atoms with van der Waals surface area (Å²) >= 11 is 0. The van der Waals surface area contributed by atoms with Gasteiger partial charge in [0.05, 0.1) is 0 Å². The smallest absolute Gasteiger partial charge is 0.123 e. The molecule has 0 heterocycles. The molecule has 2 saturated carbocycles. The predicted octanol–water partition coefficient (Wildman–Crippen LogP) is 2.78. The topological polar surface area (TPSA) is 29.3 Å². The van der Waals surface area contributed by atoms with Crippen LogP contribution in [0.25, 0.3) is 0 Å². The highest BCUT2D eigenvalue weighted by molar-refractivity contribution is 5.17. The van der Waals surface area contributed by atoms with Gasteiger partial charge in [0.2, 0.25) is 0 Å². The summed E-state index contributed by atoms with van der Waals surface area (Å²) in [6.07, 6.45) is 5.25. The van der Waals surface area contributed by atoms with Gasteiger partial charge in [-0.15, -0.1) is 0 Å². The standard InChI is InChI=1S/C16H23FN2/c1-19(10-13-3-2-4-15(17)8-13)16(11-18)9-12-5-6-14(16)7-12/h2-4,8,12,14H,5-7,9-11,18H2,1H3. The Kier molecular flexibility index (Phi) is 3.35. The van der Waals surface area contributed by atoms with E-state index in [0.717, 1.165) is 30.5 Å². The molecule has 0 aromatic heterocycles. The zero-order chi connectivity index (χ0) is 13.5. The molecule has 2 aliphatic carbocycles. The number of halogens is 1. The van der Waals surface area contributed by atoms with Crippen LogP contribution in [0.5, 0.6) is 0 Å². The first kappa shape index (κ1) is 13.1. The van der Waals surface area contributed by atoms with Crippen LogP contribution in [0.4, 0.5) is 4.39 Å². The number of fused-ring (bicyclic) bond motifs is 2. The van der Waals surface area contributed by atoms with E-state index in [1.165, 1.54) is 31.7 Å². The fourth-order valence-electron chi connectivity index (χ4n) is 4.35. The van der Waals surface area contributed by atoms with Gasteiger partial charge in [0.15, 0.2) is 0 Å². The maximum Gasteiger partial charge on any atom is 0.123 e. The number of rotatable bonds is 4. The van der Waals surface area contributed by atoms with Crippen molar-refractivity contribution in [3.8, 4) is 0 Å². The summed E-state index contributed by atoms with van der Waals surface area (Å²) < 4.78 is 13.3. The van der Waals surface area contributed by atoms with Crippen LogP contribution in [-0.4, -0.2) is 24.0 Å². The van der Waals surface area contributed by atoms with Crippen LogP contribution in [0.3, 0.4) is 0 Å². The largest absolute Gasteiger partial charge is 0.329 e. The molecule has 2 bridgehead atoms. The van der Waals surface area contributed by atoms with Crippen molar-refractivity contribution in [3.05, 3.63) is 35.6 Å². The SMILES string of the molecule is CN(Cc1cccc(F)c1)C1(CN)CC2CCC1C2. The van der Waals surface area contributed by atoms with E-state index in [9.17, 15) is 4.39 Å². The van der Waals surface area contributed by atoms with Crippen LogP contribution in [-0.2, 0) is 6.54 Å². The third-order valence-corrected chi connectivity index (χ3v) is 5.37. The number of nitrogens with zero attached hydrogens (tertiary/aromatic N) is 1. The Hall–Kier alpha value is -0.930. The number of nitrogens with two attached hydrogens (primary N) is 1. The van der Waals surface area contributed by atoms with Gasteiger partial charge in [-0.2, -0.15) is 0 Å². The van der Waals surface area contributed by atoms with Crippen molar-refractivity contribution in [3.63, 3.8) is 0 Å². The minimum absolute atomic E-state index is 0.148. The molecule has 0 radical (unpaired) electrons. The highest BCUT2D eigenvalue weighted by atomic mass is 19.1. The first-order chi connectivity index (χ1) is 9.14. The lowest BCUT2D eigenvalue weighted by Gasteiger charge is -2.44. The summed E-state index contributed by atoms with van der Waals surface area (Å²) in [6, 6.07) is 6.92. The normalized spacial score (nSPS) is 33.3. The molecule has 3 atom stereocenters. The molecule has 2 nitrogen and oxygen atoms in total. The molecule has 19 heavy (non-hydrogen) atoms. The molecule has 2 fully saturated rings. The predicted molar refractivity (Wildman–Crippen MR) is 75.1 cm³/mol. The van der Waals surface area contributed by atoms with Crippen molar-refractivity contribution >= 4 is 0 Å². The highest BCUT2D eigenvalue weighted by Gasteiger charge is 2.52. The Morgan fingerprint density at radius 2 is 2.26 bits per heavy atom. The first-order valence-electron chi connectivity index (χ1n) is 7.30. The summed E-state index contributed by atoms with van der Waals surface area (Å²) in [6.45, 7) is 1.51. The first-order valence-corrected chi connectivity index (χ1v) is 7.30. The van der Waals surface area contributed by atoms with Crippen molar-refractivity contribution in [2.24, 2.45) is 17.6 Å². The van der Waals surface area contributed by atoms with Crippen molar-refractivity contribution in [1.82, 2.24) is 4.90 Å². The lowest BCUT2D eigenvalue weighted by atomic mass is 9.79. The molecule has 2 aliphatic rings. The second kappa shape index (κ2) is 4.88. The molecule has 0 saturated heterocycles. The van der Waals surface area contributed by atoms with Gasteiger partial charge >= 0.3 is 0 Å². The average Bonchev–Trinajstić information content (AvgIpc) is 2.99. The third kappa shape index (κ3) is 2.19. The second-order valence-electron chi connectivity index (χ2n) is 6.37. The monoisotopic (exact) mass is 262 g/mol. The van der Waals surface area contributed by atoms with Gasteiger partial charge in [-0.05, 0) is 55.8 Å². The van der Waals surface area contributed by atoms with Gasteiger partial charge in [0.25, 0.3) is 0 Å². The van der Waals surface area contributed by atoms with Crippen molar-refractivity contribution < 1.29 is 4.39 Å². The molecule has 0 aliphatic heterocycles. The van der Waals surface area contributed by atoms with E-state index in [4.69, 9.17) is 5.73 Å². The van der Waals surface area contributed by atoms with Crippen molar-refractivity contribution in [2.75, 3.05) is 13.6 Å². The van der Waals surface area contributed by atoms with Crippen LogP contribution < -0.4 is 5.73 Å². The lowest BCUT2D eigenvalue weighted by molar-refractivity contribution is 0.0590. The van der Waals surface area contributed by atoms with E-state index in [1.54, 1.807) is 12.1 Å². The molecular formula is C16H23FN2. The molecule has 0 amide bonds. The minimum atomic E-state index is -0.152. The summed E-state index contributed by atoms with van der Waals surface area (Å²) in [5.41, 5.74) is 7.31. The van der Waals surface area contributed by atoms with Gasteiger partial charge < -0.3 is 5.73 Å². The number of likely N-dealkylation sites (N-methyl/N-ethyl adjacent to an activating group) is 1. The molecular weight excluding hydrogens is 239 g/mol. The van der Waals surface area contributed by atoms with E-state index in [0.29, 0.717) is 0 Å². The Bertz CT molecular complexity index is 462. The molecule has 2 N–H and O–H groups in total. The fraction of sp³-hybridized carbons (Fsp3) is 0.625. The molecule has 104 valence electrons. The highest BCUT2D eigenvalue weighted by Crippen LogP contribution is 2.52. The molecule has 3 unspecified atom stereocenters. The van der Waals surface area contributed by atoms with Gasteiger partial charge in [-0.25, -0.2) is 4.39 Å². The molecule has 0 spiro atoms. The van der Waals surface area contributed by atoms with Gasteiger partial charge in [0.1, 0.15) is 5.82 Å². The summed E-state index contributed by atoms with van der Waals surface area (Å²) in [7, 11) is 2.15. The molecule has 1 aromatic rings. The number of hydrogen-bond acceptors (Lipinski definition) is 2. The summed E-state index contributed by atoms with van der Waals surface area (Å²) in [4.78, 5) is 2.38. The van der Waals surface area contributed by atoms with Crippen molar-refractivity contribution in [1.29, 1.82) is 0 Å². The second-order valence-corrected chi connectivity index (χ2v) is 6.37. The Balaban J connectivity index is 1.77. The van der Waals surface area contributed by atoms with Crippen LogP contribution >= 0.6 is 0 Å². The van der Waals surface area contributed by atoms with Gasteiger partial charge in [0, 0.05) is 18.6 Å². The van der Waals surface area contributed by atoms with E-state index in [-0.39, 0.29) is 11.4 Å². The molecule has 3 heteroatoms. The Morgan fingerprint density at radius 3 is 2.84 bits per heavy atom. The minimum Gasteiger partial charge on any atom is -0.329 e. The van der Waals surface area contributed by atoms with Gasteiger partial charge in [-0.1, -0.05) is 18.6 Å². The number of benzene rings is 1.